The number of aromatic nitrogens is 2. The first kappa shape index (κ1) is 13.0. The van der Waals surface area contributed by atoms with Crippen molar-refractivity contribution in [3.63, 3.8) is 0 Å². The molecule has 3 nitrogen and oxygen atoms in total. The Bertz CT molecular complexity index is 529. The van der Waals surface area contributed by atoms with E-state index in [1.807, 2.05) is 18.5 Å². The maximum atomic E-state index is 6.21. The van der Waals surface area contributed by atoms with Gasteiger partial charge in [-0.3, -0.25) is 9.88 Å². The van der Waals surface area contributed by atoms with Crippen LogP contribution in [0.15, 0.2) is 30.0 Å². The molecule has 1 aliphatic heterocycles. The van der Waals surface area contributed by atoms with Gasteiger partial charge in [0, 0.05) is 30.5 Å². The van der Waals surface area contributed by atoms with Crippen LogP contribution in [0.3, 0.4) is 0 Å². The van der Waals surface area contributed by atoms with Crippen molar-refractivity contribution in [1.29, 1.82) is 0 Å². The molecule has 3 rings (SSSR count). The van der Waals surface area contributed by atoms with E-state index >= 15 is 0 Å². The summed E-state index contributed by atoms with van der Waals surface area (Å²) in [6, 6.07) is 2.45. The Morgan fingerprint density at radius 3 is 3.11 bits per heavy atom. The van der Waals surface area contributed by atoms with Crippen LogP contribution >= 0.6 is 22.9 Å². The highest BCUT2D eigenvalue weighted by atomic mass is 35.5. The number of rotatable bonds is 3. The molecule has 0 spiro atoms. The van der Waals surface area contributed by atoms with Crippen molar-refractivity contribution in [3.05, 3.63) is 45.6 Å². The molecule has 3 heterocycles. The highest BCUT2D eigenvalue weighted by molar-refractivity contribution is 7.09. The van der Waals surface area contributed by atoms with Gasteiger partial charge in [0.25, 0.3) is 0 Å². The van der Waals surface area contributed by atoms with Crippen LogP contribution in [-0.4, -0.2) is 21.4 Å². The van der Waals surface area contributed by atoms with Gasteiger partial charge in [-0.1, -0.05) is 18.0 Å². The first-order valence-corrected chi connectivity index (χ1v) is 7.82. The van der Waals surface area contributed by atoms with E-state index in [1.165, 1.54) is 24.3 Å². The molecule has 1 saturated heterocycles. The van der Waals surface area contributed by atoms with Gasteiger partial charge in [0.1, 0.15) is 5.01 Å². The summed E-state index contributed by atoms with van der Waals surface area (Å²) in [5.41, 5.74) is 1.15. The molecule has 0 aliphatic carbocycles. The molecule has 0 bridgehead atoms. The van der Waals surface area contributed by atoms with Gasteiger partial charge in [0.2, 0.25) is 0 Å². The van der Waals surface area contributed by atoms with Gasteiger partial charge < -0.3 is 0 Å². The maximum Gasteiger partial charge on any atom is 0.110 e. The van der Waals surface area contributed by atoms with Crippen LogP contribution in [0.25, 0.3) is 0 Å². The Hall–Kier alpha value is -0.970. The molecule has 0 aromatic carbocycles. The Kier molecular flexibility index (Phi) is 4.11. The summed E-state index contributed by atoms with van der Waals surface area (Å²) >= 11 is 7.96. The average Bonchev–Trinajstić information content (AvgIpc) is 2.96. The first-order chi connectivity index (χ1) is 9.34. The third-order valence-electron chi connectivity index (χ3n) is 3.58. The molecule has 2 aromatic rings. The van der Waals surface area contributed by atoms with E-state index in [4.69, 9.17) is 11.6 Å². The van der Waals surface area contributed by atoms with Gasteiger partial charge in [-0.2, -0.15) is 0 Å². The average molecular weight is 294 g/mol. The number of thiazole rings is 1. The third kappa shape index (κ3) is 2.96. The van der Waals surface area contributed by atoms with Crippen molar-refractivity contribution in [2.45, 2.75) is 31.8 Å². The number of hydrogen-bond donors (Lipinski definition) is 0. The molecule has 0 amide bonds. The second-order valence-corrected chi connectivity index (χ2v) is 6.15. The summed E-state index contributed by atoms with van der Waals surface area (Å²) in [5.74, 6) is 0. The van der Waals surface area contributed by atoms with E-state index in [2.05, 4.69) is 20.2 Å². The van der Waals surface area contributed by atoms with Gasteiger partial charge in [-0.15, -0.1) is 11.3 Å². The smallest absolute Gasteiger partial charge is 0.110 e. The van der Waals surface area contributed by atoms with Gasteiger partial charge in [0.15, 0.2) is 0 Å². The topological polar surface area (TPSA) is 29.0 Å². The minimum atomic E-state index is 0.443. The summed E-state index contributed by atoms with van der Waals surface area (Å²) < 4.78 is 0. The molecule has 1 atom stereocenters. The highest BCUT2D eigenvalue weighted by Crippen LogP contribution is 2.33. The van der Waals surface area contributed by atoms with E-state index < -0.39 is 0 Å². The lowest BCUT2D eigenvalue weighted by Crippen LogP contribution is -2.32. The van der Waals surface area contributed by atoms with Gasteiger partial charge in [0.05, 0.1) is 11.1 Å². The van der Waals surface area contributed by atoms with Crippen molar-refractivity contribution in [2.24, 2.45) is 0 Å². The highest BCUT2D eigenvalue weighted by Gasteiger charge is 2.26. The fraction of sp³-hybridized carbons (Fsp3) is 0.429. The minimum Gasteiger partial charge on any atom is -0.290 e. The monoisotopic (exact) mass is 293 g/mol. The van der Waals surface area contributed by atoms with E-state index in [9.17, 15) is 0 Å². The molecular weight excluding hydrogens is 278 g/mol. The first-order valence-electron chi connectivity index (χ1n) is 6.56. The standard InChI is InChI=1S/C14H16ClN3S/c15-12-9-16-5-4-11(12)10-18-7-2-1-3-13(18)14-17-6-8-19-14/h4-6,8-9,13H,1-3,7,10H2/t13-/m0/s1. The van der Waals surface area contributed by atoms with Crippen LogP contribution in [0.4, 0.5) is 0 Å². The number of hydrogen-bond acceptors (Lipinski definition) is 4. The van der Waals surface area contributed by atoms with Crippen LogP contribution in [0.5, 0.6) is 0 Å². The van der Waals surface area contributed by atoms with E-state index in [-0.39, 0.29) is 0 Å². The third-order valence-corrected chi connectivity index (χ3v) is 4.80. The summed E-state index contributed by atoms with van der Waals surface area (Å²) in [7, 11) is 0. The van der Waals surface area contributed by atoms with Crippen LogP contribution in [0.2, 0.25) is 5.02 Å². The lowest BCUT2D eigenvalue weighted by atomic mass is 10.0. The zero-order valence-electron chi connectivity index (χ0n) is 10.6. The Balaban J connectivity index is 1.80. The van der Waals surface area contributed by atoms with Crippen molar-refractivity contribution in [3.8, 4) is 0 Å². The molecular formula is C14H16ClN3S. The predicted octanol–water partition coefficient (Wildman–Crippen LogP) is 3.92. The number of pyridine rings is 1. The second kappa shape index (κ2) is 5.99. The maximum absolute atomic E-state index is 6.21. The normalized spacial score (nSPS) is 20.6. The quantitative estimate of drug-likeness (QED) is 0.859. The molecule has 0 unspecified atom stereocenters. The molecule has 1 aliphatic rings. The van der Waals surface area contributed by atoms with Crippen LogP contribution in [-0.2, 0) is 6.54 Å². The van der Waals surface area contributed by atoms with Crippen LogP contribution in [0.1, 0.15) is 35.9 Å². The number of likely N-dealkylation sites (tertiary alicyclic amines) is 1. The molecule has 1 fully saturated rings. The fourth-order valence-corrected chi connectivity index (χ4v) is 3.60. The molecule has 0 radical (unpaired) electrons. The lowest BCUT2D eigenvalue weighted by molar-refractivity contribution is 0.140. The zero-order chi connectivity index (χ0) is 13.1. The summed E-state index contributed by atoms with van der Waals surface area (Å²) in [6.45, 7) is 1.99. The molecule has 100 valence electrons. The van der Waals surface area contributed by atoms with E-state index in [1.54, 1.807) is 17.5 Å². The molecule has 0 N–H and O–H groups in total. The number of nitrogens with zero attached hydrogens (tertiary/aromatic N) is 3. The minimum absolute atomic E-state index is 0.443. The van der Waals surface area contributed by atoms with Crippen molar-refractivity contribution < 1.29 is 0 Å². The molecule has 5 heteroatoms. The zero-order valence-corrected chi connectivity index (χ0v) is 12.2. The molecule has 19 heavy (non-hydrogen) atoms. The molecule has 2 aromatic heterocycles. The van der Waals surface area contributed by atoms with Crippen LogP contribution < -0.4 is 0 Å². The summed E-state index contributed by atoms with van der Waals surface area (Å²) in [6.07, 6.45) is 9.15. The summed E-state index contributed by atoms with van der Waals surface area (Å²) in [4.78, 5) is 11.0. The predicted molar refractivity (Wildman–Crippen MR) is 78.4 cm³/mol. The van der Waals surface area contributed by atoms with Crippen LogP contribution in [0, 0.1) is 0 Å². The van der Waals surface area contributed by atoms with Crippen molar-refractivity contribution >= 4 is 22.9 Å². The SMILES string of the molecule is Clc1cnccc1CN1CCCC[C@H]1c1nccs1. The van der Waals surface area contributed by atoms with E-state index in [0.717, 1.165) is 23.7 Å². The van der Waals surface area contributed by atoms with Gasteiger partial charge in [-0.05, 0) is 31.0 Å². The Morgan fingerprint density at radius 2 is 2.32 bits per heavy atom. The van der Waals surface area contributed by atoms with Gasteiger partial charge in [-0.25, -0.2) is 4.98 Å². The van der Waals surface area contributed by atoms with E-state index in [0.29, 0.717) is 6.04 Å². The Morgan fingerprint density at radius 1 is 1.37 bits per heavy atom. The van der Waals surface area contributed by atoms with Crippen molar-refractivity contribution in [2.75, 3.05) is 6.54 Å². The van der Waals surface area contributed by atoms with Gasteiger partial charge >= 0.3 is 0 Å². The van der Waals surface area contributed by atoms with Crippen molar-refractivity contribution in [1.82, 2.24) is 14.9 Å². The summed E-state index contributed by atoms with van der Waals surface area (Å²) in [5, 5.41) is 4.04. The largest absolute Gasteiger partial charge is 0.290 e. The second-order valence-electron chi connectivity index (χ2n) is 4.82. The number of halogens is 1. The fourth-order valence-electron chi connectivity index (χ4n) is 2.61. The number of piperidine rings is 1. The molecule has 0 saturated carbocycles. The Labute approximate surface area is 122 Å². The lowest BCUT2D eigenvalue weighted by Gasteiger charge is -2.34.